The van der Waals surface area contributed by atoms with Crippen molar-refractivity contribution in [1.82, 2.24) is 24.5 Å². The van der Waals surface area contributed by atoms with Gasteiger partial charge >= 0.3 is 12.1 Å². The van der Waals surface area contributed by atoms with Crippen LogP contribution in [0.5, 0.6) is 0 Å². The molecule has 3 atom stereocenters. The summed E-state index contributed by atoms with van der Waals surface area (Å²) >= 11 is 0. The summed E-state index contributed by atoms with van der Waals surface area (Å²) in [6.45, 7) is 2.04. The van der Waals surface area contributed by atoms with Gasteiger partial charge in [-0.25, -0.2) is 19.9 Å². The fourth-order valence-corrected chi connectivity index (χ4v) is 4.22. The molecular weight excluding hydrogens is 491 g/mol. The van der Waals surface area contributed by atoms with Gasteiger partial charge in [-0.1, -0.05) is 25.5 Å². The number of nitrogen functional groups attached to an aromatic ring is 1. The van der Waals surface area contributed by atoms with Crippen LogP contribution in [0, 0.1) is 5.92 Å². The molecule has 0 unspecified atom stereocenters. The Kier molecular flexibility index (Phi) is 7.55. The first-order valence-corrected chi connectivity index (χ1v) is 11.6. The molecule has 0 saturated heterocycles. The first-order valence-electron chi connectivity index (χ1n) is 11.6. The van der Waals surface area contributed by atoms with E-state index in [1.165, 1.54) is 12.5 Å². The van der Waals surface area contributed by atoms with Crippen molar-refractivity contribution in [3.63, 3.8) is 0 Å². The van der Waals surface area contributed by atoms with Crippen molar-refractivity contribution in [3.05, 3.63) is 48.5 Å². The predicted molar refractivity (Wildman–Crippen MR) is 130 cm³/mol. The number of carbonyl (C=O) groups excluding carboxylic acids is 1. The lowest BCUT2D eigenvalue weighted by atomic mass is 9.89. The van der Waals surface area contributed by atoms with Crippen LogP contribution in [0.25, 0.3) is 21.9 Å². The number of aromatic nitrogens is 5. The second-order valence-electron chi connectivity index (χ2n) is 8.77. The fourth-order valence-electron chi connectivity index (χ4n) is 4.22. The summed E-state index contributed by atoms with van der Waals surface area (Å²) in [4.78, 5) is 27.1. The molecule has 3 heterocycles. The number of amides is 1. The van der Waals surface area contributed by atoms with Crippen LogP contribution in [-0.4, -0.2) is 59.0 Å². The average molecular weight is 518 g/mol. The lowest BCUT2D eigenvalue weighted by molar-refractivity contribution is -0.167. The molecule has 0 aliphatic heterocycles. The number of alkyl halides is 3. The van der Waals surface area contributed by atoms with E-state index in [4.69, 9.17) is 5.73 Å². The monoisotopic (exact) mass is 517 g/mol. The SMILES string of the molecule is CC[C@H](CCc1ccc2cnc(NC(=O)C(F)(F)F)nc2c1)[C@@H](O)[C@@H](O)Cn1ccc2c(N)ncnc21. The molecule has 0 radical (unpaired) electrons. The van der Waals surface area contributed by atoms with Crippen LogP contribution in [0.1, 0.15) is 25.3 Å². The number of aliphatic hydroxyl groups excluding tert-OH is 2. The van der Waals surface area contributed by atoms with Crippen LogP contribution in [0.4, 0.5) is 24.9 Å². The van der Waals surface area contributed by atoms with Crippen LogP contribution in [-0.2, 0) is 17.8 Å². The maximum Gasteiger partial charge on any atom is 0.471 e. The first-order chi connectivity index (χ1) is 17.6. The van der Waals surface area contributed by atoms with E-state index in [0.717, 1.165) is 5.56 Å². The van der Waals surface area contributed by atoms with E-state index in [0.29, 0.717) is 47.0 Å². The number of aliphatic hydroxyl groups is 2. The number of benzene rings is 1. The Balaban J connectivity index is 1.41. The number of rotatable bonds is 9. The first kappa shape index (κ1) is 26.2. The normalized spacial score (nSPS) is 14.5. The summed E-state index contributed by atoms with van der Waals surface area (Å²) in [6, 6.07) is 7.03. The third-order valence-corrected chi connectivity index (χ3v) is 6.31. The number of nitrogens with two attached hydrogens (primary N) is 1. The third kappa shape index (κ3) is 5.94. The fraction of sp³-hybridized carbons (Fsp3) is 0.375. The van der Waals surface area contributed by atoms with Crippen LogP contribution in [0.3, 0.4) is 0 Å². The number of anilines is 2. The Morgan fingerprint density at radius 2 is 1.97 bits per heavy atom. The van der Waals surface area contributed by atoms with Crippen molar-refractivity contribution in [2.24, 2.45) is 5.92 Å². The molecule has 0 fully saturated rings. The summed E-state index contributed by atoms with van der Waals surface area (Å²) in [7, 11) is 0. The van der Waals surface area contributed by atoms with Gasteiger partial charge in [0.2, 0.25) is 5.95 Å². The van der Waals surface area contributed by atoms with Crippen molar-refractivity contribution in [3.8, 4) is 0 Å². The standard InChI is InChI=1S/C24H26F3N7O3/c1-2-14(19(36)18(35)11-34-8-7-16-20(28)30-12-31-21(16)34)5-3-13-4-6-15-10-29-23(32-17(15)9-13)33-22(37)24(25,26)27/h4,6-10,12,14,18-19,35-36H,2-3,5,11H2,1H3,(H2,28,30,31)(H,29,32,33,37)/t14-,18+,19-/m1/s1. The van der Waals surface area contributed by atoms with Crippen molar-refractivity contribution in [1.29, 1.82) is 0 Å². The Bertz CT molecular complexity index is 1410. The topological polar surface area (TPSA) is 152 Å². The number of fused-ring (bicyclic) bond motifs is 2. The van der Waals surface area contributed by atoms with Crippen molar-refractivity contribution >= 4 is 39.6 Å². The molecule has 196 valence electrons. The Morgan fingerprint density at radius 3 is 2.70 bits per heavy atom. The van der Waals surface area contributed by atoms with E-state index in [1.807, 2.05) is 13.0 Å². The predicted octanol–water partition coefficient (Wildman–Crippen LogP) is 2.84. The smallest absolute Gasteiger partial charge is 0.390 e. The van der Waals surface area contributed by atoms with E-state index >= 15 is 0 Å². The van der Waals surface area contributed by atoms with Crippen LogP contribution in [0.15, 0.2) is 43.0 Å². The molecule has 13 heteroatoms. The summed E-state index contributed by atoms with van der Waals surface area (Å²) in [5.41, 5.74) is 7.63. The van der Waals surface area contributed by atoms with Crippen molar-refractivity contribution < 1.29 is 28.2 Å². The van der Waals surface area contributed by atoms with Crippen LogP contribution >= 0.6 is 0 Å². The summed E-state index contributed by atoms with van der Waals surface area (Å²) < 4.78 is 39.3. The maximum atomic E-state index is 12.5. The molecule has 5 N–H and O–H groups in total. The van der Waals surface area contributed by atoms with Crippen LogP contribution < -0.4 is 11.1 Å². The van der Waals surface area contributed by atoms with E-state index in [1.54, 1.807) is 34.3 Å². The number of nitrogens with zero attached hydrogens (tertiary/aromatic N) is 5. The Morgan fingerprint density at radius 1 is 1.19 bits per heavy atom. The largest absolute Gasteiger partial charge is 0.471 e. The zero-order valence-electron chi connectivity index (χ0n) is 19.9. The van der Waals surface area contributed by atoms with E-state index in [2.05, 4.69) is 19.9 Å². The minimum absolute atomic E-state index is 0.122. The van der Waals surface area contributed by atoms with Gasteiger partial charge in [0.1, 0.15) is 17.8 Å². The molecule has 0 saturated carbocycles. The second kappa shape index (κ2) is 10.6. The highest BCUT2D eigenvalue weighted by Crippen LogP contribution is 2.24. The molecular formula is C24H26F3N7O3. The summed E-state index contributed by atoms with van der Waals surface area (Å²) in [6.07, 6.45) is -1.01. The maximum absolute atomic E-state index is 12.5. The zero-order valence-corrected chi connectivity index (χ0v) is 19.9. The summed E-state index contributed by atoms with van der Waals surface area (Å²) in [5, 5.41) is 24.5. The van der Waals surface area contributed by atoms with Crippen LogP contribution in [0.2, 0.25) is 0 Å². The lowest BCUT2D eigenvalue weighted by Crippen LogP contribution is -2.36. The molecule has 1 amide bonds. The highest BCUT2D eigenvalue weighted by molar-refractivity contribution is 5.94. The van der Waals surface area contributed by atoms with E-state index in [-0.39, 0.29) is 12.5 Å². The van der Waals surface area contributed by atoms with Gasteiger partial charge in [0.15, 0.2) is 0 Å². The molecule has 1 aromatic carbocycles. The average Bonchev–Trinajstić information content (AvgIpc) is 3.27. The van der Waals surface area contributed by atoms with Gasteiger partial charge in [0.25, 0.3) is 0 Å². The number of nitrogens with one attached hydrogen (secondary N) is 1. The molecule has 0 bridgehead atoms. The second-order valence-corrected chi connectivity index (χ2v) is 8.77. The van der Waals surface area contributed by atoms with Crippen molar-refractivity contribution in [2.75, 3.05) is 11.1 Å². The number of hydrogen-bond acceptors (Lipinski definition) is 8. The zero-order chi connectivity index (χ0) is 26.7. The van der Waals surface area contributed by atoms with Gasteiger partial charge in [-0.2, -0.15) is 13.2 Å². The van der Waals surface area contributed by atoms with Gasteiger partial charge in [-0.15, -0.1) is 0 Å². The Labute approximate surface area is 209 Å². The van der Waals surface area contributed by atoms with Crippen molar-refractivity contribution in [2.45, 2.75) is 51.1 Å². The summed E-state index contributed by atoms with van der Waals surface area (Å²) in [5.74, 6) is -2.48. The van der Waals surface area contributed by atoms with E-state index in [9.17, 15) is 28.2 Å². The molecule has 0 spiro atoms. The third-order valence-electron chi connectivity index (χ3n) is 6.31. The quantitative estimate of drug-likeness (QED) is 0.265. The number of carbonyl (C=O) groups is 1. The molecule has 4 rings (SSSR count). The minimum Gasteiger partial charge on any atom is -0.390 e. The van der Waals surface area contributed by atoms with Gasteiger partial charge in [0.05, 0.1) is 29.7 Å². The Hall–Kier alpha value is -3.84. The van der Waals surface area contributed by atoms with Gasteiger partial charge in [-0.3, -0.25) is 10.1 Å². The minimum atomic E-state index is -5.05. The van der Waals surface area contributed by atoms with Gasteiger partial charge in [-0.05, 0) is 36.5 Å². The van der Waals surface area contributed by atoms with Gasteiger partial charge < -0.3 is 20.5 Å². The molecule has 0 aliphatic rings. The number of aryl methyl sites for hydroxylation is 1. The highest BCUT2D eigenvalue weighted by Gasteiger charge is 2.39. The lowest BCUT2D eigenvalue weighted by Gasteiger charge is -2.26. The van der Waals surface area contributed by atoms with E-state index < -0.39 is 30.2 Å². The number of halogens is 3. The molecule has 4 aromatic rings. The molecule has 37 heavy (non-hydrogen) atoms. The highest BCUT2D eigenvalue weighted by atomic mass is 19.4. The molecule has 10 nitrogen and oxygen atoms in total. The molecule has 0 aliphatic carbocycles. The van der Waals surface area contributed by atoms with Gasteiger partial charge in [0, 0.05) is 17.8 Å². The molecule has 3 aromatic heterocycles. The number of hydrogen-bond donors (Lipinski definition) is 4.